The van der Waals surface area contributed by atoms with Gasteiger partial charge >= 0.3 is 0 Å². The van der Waals surface area contributed by atoms with Gasteiger partial charge in [-0.25, -0.2) is 0 Å². The Hall–Kier alpha value is -0.180. The Morgan fingerprint density at radius 1 is 1.42 bits per heavy atom. The summed E-state index contributed by atoms with van der Waals surface area (Å²) in [7, 11) is 0. The number of hydrogen-bond acceptors (Lipinski definition) is 2. The van der Waals surface area contributed by atoms with Crippen molar-refractivity contribution in [3.8, 4) is 0 Å². The zero-order valence-corrected chi connectivity index (χ0v) is 9.08. The smallest absolute Gasteiger partial charge is 0.220 e. The van der Waals surface area contributed by atoms with E-state index in [4.69, 9.17) is 0 Å². The minimum absolute atomic E-state index is 0.138. The van der Waals surface area contributed by atoms with Gasteiger partial charge in [0.1, 0.15) is 0 Å². The molecule has 0 spiro atoms. The molecule has 0 aromatic heterocycles. The summed E-state index contributed by atoms with van der Waals surface area (Å²) in [6.45, 7) is 7.06. The summed E-state index contributed by atoms with van der Waals surface area (Å²) in [5, 5.41) is 2.88. The standard InChI is InChI=1S/C9H19NOS/c1-9(2,3)7-10-8(11)5-4-6-12/h12H,4-7H2,1-3H3,(H,10,11). The van der Waals surface area contributed by atoms with Crippen LogP contribution in [-0.4, -0.2) is 18.2 Å². The van der Waals surface area contributed by atoms with Crippen molar-refractivity contribution in [2.75, 3.05) is 12.3 Å². The predicted molar refractivity (Wildman–Crippen MR) is 55.6 cm³/mol. The normalized spacial score (nSPS) is 11.3. The lowest BCUT2D eigenvalue weighted by Crippen LogP contribution is -2.32. The molecule has 0 unspecified atom stereocenters. The van der Waals surface area contributed by atoms with Gasteiger partial charge in [-0.05, 0) is 17.6 Å². The quantitative estimate of drug-likeness (QED) is 0.649. The van der Waals surface area contributed by atoms with Crippen LogP contribution in [0.3, 0.4) is 0 Å². The molecule has 0 aromatic rings. The van der Waals surface area contributed by atoms with Gasteiger partial charge < -0.3 is 5.32 Å². The van der Waals surface area contributed by atoms with Gasteiger partial charge in [0.2, 0.25) is 5.91 Å². The molecule has 3 heteroatoms. The van der Waals surface area contributed by atoms with Crippen molar-refractivity contribution in [1.29, 1.82) is 0 Å². The molecule has 0 aliphatic carbocycles. The van der Waals surface area contributed by atoms with Crippen molar-refractivity contribution in [2.45, 2.75) is 33.6 Å². The van der Waals surface area contributed by atoms with E-state index in [9.17, 15) is 4.79 Å². The third-order valence-electron chi connectivity index (χ3n) is 1.38. The summed E-state index contributed by atoms with van der Waals surface area (Å²) < 4.78 is 0. The second-order valence-corrected chi connectivity index (χ2v) is 4.61. The molecule has 0 aliphatic rings. The molecule has 1 amide bonds. The molecule has 0 saturated heterocycles. The SMILES string of the molecule is CC(C)(C)CNC(=O)CCCS. The van der Waals surface area contributed by atoms with E-state index < -0.39 is 0 Å². The maximum Gasteiger partial charge on any atom is 0.220 e. The van der Waals surface area contributed by atoms with E-state index in [0.29, 0.717) is 6.42 Å². The molecule has 0 aliphatic heterocycles. The third kappa shape index (κ3) is 7.92. The van der Waals surface area contributed by atoms with Crippen LogP contribution in [0, 0.1) is 5.41 Å². The Kier molecular flexibility index (Phi) is 5.38. The number of nitrogens with one attached hydrogen (secondary N) is 1. The Morgan fingerprint density at radius 3 is 2.42 bits per heavy atom. The largest absolute Gasteiger partial charge is 0.356 e. The highest BCUT2D eigenvalue weighted by molar-refractivity contribution is 7.80. The third-order valence-corrected chi connectivity index (χ3v) is 1.69. The van der Waals surface area contributed by atoms with E-state index in [1.54, 1.807) is 0 Å². The van der Waals surface area contributed by atoms with E-state index in [0.717, 1.165) is 18.7 Å². The molecule has 0 aromatic carbocycles. The van der Waals surface area contributed by atoms with Gasteiger partial charge in [0.15, 0.2) is 0 Å². The lowest BCUT2D eigenvalue weighted by atomic mass is 9.97. The summed E-state index contributed by atoms with van der Waals surface area (Å²) in [5.41, 5.74) is 0.177. The van der Waals surface area contributed by atoms with Crippen LogP contribution in [0.25, 0.3) is 0 Å². The van der Waals surface area contributed by atoms with E-state index >= 15 is 0 Å². The maximum atomic E-state index is 11.1. The molecular weight excluding hydrogens is 170 g/mol. The van der Waals surface area contributed by atoms with Crippen LogP contribution < -0.4 is 5.32 Å². The second-order valence-electron chi connectivity index (χ2n) is 4.16. The molecule has 72 valence electrons. The molecule has 0 rings (SSSR count). The number of carbonyl (C=O) groups is 1. The minimum Gasteiger partial charge on any atom is -0.356 e. The van der Waals surface area contributed by atoms with Crippen LogP contribution in [0.4, 0.5) is 0 Å². The van der Waals surface area contributed by atoms with Crippen molar-refractivity contribution in [1.82, 2.24) is 5.32 Å². The average molecular weight is 189 g/mol. The fourth-order valence-corrected chi connectivity index (χ4v) is 0.850. The highest BCUT2D eigenvalue weighted by Crippen LogP contribution is 2.10. The molecule has 0 radical (unpaired) electrons. The number of hydrogen-bond donors (Lipinski definition) is 2. The molecule has 12 heavy (non-hydrogen) atoms. The zero-order valence-electron chi connectivity index (χ0n) is 8.18. The highest BCUT2D eigenvalue weighted by Gasteiger charge is 2.10. The van der Waals surface area contributed by atoms with E-state index in [2.05, 4.69) is 38.7 Å². The molecule has 1 N–H and O–H groups in total. The Balaban J connectivity index is 3.44. The summed E-state index contributed by atoms with van der Waals surface area (Å²) in [6.07, 6.45) is 1.46. The monoisotopic (exact) mass is 189 g/mol. The predicted octanol–water partition coefficient (Wildman–Crippen LogP) is 1.86. The van der Waals surface area contributed by atoms with Gasteiger partial charge in [0.25, 0.3) is 0 Å². The molecule has 0 saturated carbocycles. The first-order chi connectivity index (χ1) is 5.45. The van der Waals surface area contributed by atoms with E-state index in [1.165, 1.54) is 0 Å². The molecular formula is C9H19NOS. The van der Waals surface area contributed by atoms with Crippen LogP contribution in [-0.2, 0) is 4.79 Å². The first-order valence-corrected chi connectivity index (χ1v) is 4.96. The van der Waals surface area contributed by atoms with Crippen molar-refractivity contribution >= 4 is 18.5 Å². The van der Waals surface area contributed by atoms with Crippen LogP contribution in [0.15, 0.2) is 0 Å². The fraction of sp³-hybridized carbons (Fsp3) is 0.889. The van der Waals surface area contributed by atoms with Crippen LogP contribution in [0.5, 0.6) is 0 Å². The van der Waals surface area contributed by atoms with Crippen molar-refractivity contribution in [2.24, 2.45) is 5.41 Å². The van der Waals surface area contributed by atoms with Crippen molar-refractivity contribution in [3.63, 3.8) is 0 Å². The molecule has 0 atom stereocenters. The summed E-state index contributed by atoms with van der Waals surface area (Å²) >= 11 is 4.04. The fourth-order valence-electron chi connectivity index (χ4n) is 0.692. The maximum absolute atomic E-state index is 11.1. The first kappa shape index (κ1) is 11.8. The molecule has 0 heterocycles. The number of thiol groups is 1. The summed E-state index contributed by atoms with van der Waals surface area (Å²) in [5.74, 6) is 0.919. The highest BCUT2D eigenvalue weighted by atomic mass is 32.1. The van der Waals surface area contributed by atoms with Crippen LogP contribution in [0.1, 0.15) is 33.6 Å². The van der Waals surface area contributed by atoms with Gasteiger partial charge in [0, 0.05) is 13.0 Å². The number of amides is 1. The van der Waals surface area contributed by atoms with Gasteiger partial charge in [-0.1, -0.05) is 20.8 Å². The molecule has 0 fully saturated rings. The second kappa shape index (κ2) is 5.46. The minimum atomic E-state index is 0.138. The molecule has 2 nitrogen and oxygen atoms in total. The topological polar surface area (TPSA) is 29.1 Å². The van der Waals surface area contributed by atoms with E-state index in [-0.39, 0.29) is 11.3 Å². The summed E-state index contributed by atoms with van der Waals surface area (Å²) in [4.78, 5) is 11.1. The van der Waals surface area contributed by atoms with Crippen LogP contribution in [0.2, 0.25) is 0 Å². The molecule has 0 bridgehead atoms. The van der Waals surface area contributed by atoms with Crippen molar-refractivity contribution in [3.05, 3.63) is 0 Å². The van der Waals surface area contributed by atoms with Crippen LogP contribution >= 0.6 is 12.6 Å². The number of carbonyl (C=O) groups excluding carboxylic acids is 1. The Bertz CT molecular complexity index is 140. The van der Waals surface area contributed by atoms with E-state index in [1.807, 2.05) is 0 Å². The van der Waals surface area contributed by atoms with Gasteiger partial charge in [0.05, 0.1) is 0 Å². The zero-order chi connectivity index (χ0) is 9.61. The van der Waals surface area contributed by atoms with Gasteiger partial charge in [-0.2, -0.15) is 12.6 Å². The van der Waals surface area contributed by atoms with Gasteiger partial charge in [-0.15, -0.1) is 0 Å². The number of rotatable bonds is 4. The lowest BCUT2D eigenvalue weighted by molar-refractivity contribution is -0.121. The lowest BCUT2D eigenvalue weighted by Gasteiger charge is -2.18. The average Bonchev–Trinajstić information content (AvgIpc) is 1.95. The van der Waals surface area contributed by atoms with Crippen molar-refractivity contribution < 1.29 is 4.79 Å². The Labute approximate surface area is 80.5 Å². The first-order valence-electron chi connectivity index (χ1n) is 4.33. The Morgan fingerprint density at radius 2 is 2.00 bits per heavy atom. The van der Waals surface area contributed by atoms with Gasteiger partial charge in [-0.3, -0.25) is 4.79 Å². The summed E-state index contributed by atoms with van der Waals surface area (Å²) in [6, 6.07) is 0.